The lowest BCUT2D eigenvalue weighted by atomic mass is 10.1. The number of hydrogen-bond acceptors (Lipinski definition) is 21. The molecule has 19 nitrogen and oxygen atoms in total. The maximum absolute atomic E-state index is 12.4. The predicted octanol–water partition coefficient (Wildman–Crippen LogP) is 14.7. The number of rotatable bonds is 15. The number of benzene rings is 6. The summed E-state index contributed by atoms with van der Waals surface area (Å²) in [6.07, 6.45) is 7.13. The maximum atomic E-state index is 12.4. The molecule has 0 unspecified atom stereocenters. The lowest BCUT2D eigenvalue weighted by molar-refractivity contribution is 0.580. The molecule has 0 saturated heterocycles. The molecule has 6 heterocycles. The summed E-state index contributed by atoms with van der Waals surface area (Å²) >= 11 is 3.49. The third kappa shape index (κ3) is 14.2. The molecule has 4 N–H and O–H groups in total. The number of aromatic nitrogens is 12. The summed E-state index contributed by atoms with van der Waals surface area (Å²) in [5.41, 5.74) is 23.2. The SMILES string of the molecule is CC(C)S(=O)(=O)c1ccc(-c2cnc(N)c(-c3nnc(-c4ccc([C@H](C)N)cc4)o3)n2)cc1.CSc1ccccc1-c1cnc(C)c(-c2nnc(-c3ccccc3)o2)n1.Cc1ncc(-c2ccccc2SC(C)C)nc1-c1nnc(-c2ccccc2)o1.[HH].[HH]. The van der Waals surface area contributed by atoms with Gasteiger partial charge >= 0.3 is 0 Å². The first-order valence-electron chi connectivity index (χ1n) is 27.6. The normalized spacial score (nSPS) is 11.7. The molecule has 87 heavy (non-hydrogen) atoms. The van der Waals surface area contributed by atoms with Crippen molar-refractivity contribution in [3.63, 3.8) is 0 Å². The van der Waals surface area contributed by atoms with E-state index in [1.807, 2.05) is 154 Å². The second-order valence-electron chi connectivity index (χ2n) is 20.2. The summed E-state index contributed by atoms with van der Waals surface area (Å²) in [4.78, 5) is 29.9. The van der Waals surface area contributed by atoms with E-state index in [2.05, 4.69) is 82.6 Å². The summed E-state index contributed by atoms with van der Waals surface area (Å²) in [6.45, 7) is 13.3. The molecule has 0 fully saturated rings. The first-order valence-corrected chi connectivity index (χ1v) is 31.2. The number of nitrogen functional groups attached to an aromatic ring is 1. The van der Waals surface area contributed by atoms with Crippen molar-refractivity contribution in [3.05, 3.63) is 193 Å². The van der Waals surface area contributed by atoms with Crippen molar-refractivity contribution in [2.24, 2.45) is 5.73 Å². The standard InChI is InChI=1S/C23H24N6O3S.C22H20N4OS.C20H16N4OS.2H2/c1-13(2)33(30,31)18-10-8-16(9-11-18)19-12-26-21(25)20(27-19)23-29-28-22(32-23)17-6-4-15(5-7-17)14(3)24;1-14(2)28-19-12-8-7-11-17(19)18-13-23-15(3)20(24-18)22-26-25-21(27-22)16-9-5-4-6-10-16;1-13-18(20-24-23-19(25-20)14-8-4-3-5-9-14)22-16(12-21-13)15-10-6-7-11-17(15)26-2;;/h4-14H,24H2,1-3H3,(H2,25,26);4-14H,1-3H3;3-12H,1-2H3;2*1H/t14-;;;;/m0..../s1. The average Bonchev–Trinajstić information content (AvgIpc) is 2.57. The lowest BCUT2D eigenvalue weighted by Gasteiger charge is -2.11. The lowest BCUT2D eigenvalue weighted by Crippen LogP contribution is -2.13. The van der Waals surface area contributed by atoms with E-state index >= 15 is 0 Å². The smallest absolute Gasteiger partial charge is 0.270 e. The summed E-state index contributed by atoms with van der Waals surface area (Å²) in [6, 6.07) is 49.7. The van der Waals surface area contributed by atoms with Gasteiger partial charge < -0.3 is 24.7 Å². The van der Waals surface area contributed by atoms with Gasteiger partial charge in [-0.25, -0.2) is 28.4 Å². The Kier molecular flexibility index (Phi) is 18.9. The van der Waals surface area contributed by atoms with Gasteiger partial charge in [-0.05, 0) is 107 Å². The highest BCUT2D eigenvalue weighted by atomic mass is 32.2. The van der Waals surface area contributed by atoms with Crippen LogP contribution in [0.2, 0.25) is 0 Å². The van der Waals surface area contributed by atoms with Gasteiger partial charge in [-0.3, -0.25) is 9.97 Å². The number of nitrogens with zero attached hydrogens (tertiary/aromatic N) is 12. The van der Waals surface area contributed by atoms with Gasteiger partial charge in [0.1, 0.15) is 11.4 Å². The van der Waals surface area contributed by atoms with E-state index in [1.165, 1.54) is 11.1 Å². The van der Waals surface area contributed by atoms with Gasteiger partial charge in [0.25, 0.3) is 17.7 Å². The van der Waals surface area contributed by atoms with Gasteiger partial charge in [0.05, 0.1) is 57.2 Å². The van der Waals surface area contributed by atoms with E-state index < -0.39 is 15.1 Å². The average molecular weight is 1220 g/mol. The Morgan fingerprint density at radius 1 is 0.460 bits per heavy atom. The van der Waals surface area contributed by atoms with Gasteiger partial charge in [0.15, 0.2) is 21.3 Å². The number of nitrogens with two attached hydrogens (primary N) is 2. The van der Waals surface area contributed by atoms with Crippen molar-refractivity contribution in [1.29, 1.82) is 0 Å². The molecule has 0 aliphatic rings. The highest BCUT2D eigenvalue weighted by molar-refractivity contribution is 8.00. The third-order valence-electron chi connectivity index (χ3n) is 13.3. The molecule has 12 rings (SSSR count). The number of thioether (sulfide) groups is 2. The fourth-order valence-electron chi connectivity index (χ4n) is 8.63. The zero-order valence-electron chi connectivity index (χ0n) is 48.8. The van der Waals surface area contributed by atoms with E-state index in [0.29, 0.717) is 57.3 Å². The largest absolute Gasteiger partial charge is 0.415 e. The van der Waals surface area contributed by atoms with Gasteiger partial charge in [-0.15, -0.1) is 54.1 Å². The Morgan fingerprint density at radius 3 is 1.33 bits per heavy atom. The Hall–Kier alpha value is -9.61. The Bertz CT molecular complexity index is 4420. The molecule has 442 valence electrons. The van der Waals surface area contributed by atoms with Crippen LogP contribution in [0.25, 0.3) is 103 Å². The molecular weight excluding hydrogens is 1150 g/mol. The van der Waals surface area contributed by atoms with Gasteiger partial charge in [0, 0.05) is 57.3 Å². The van der Waals surface area contributed by atoms with E-state index in [1.54, 1.807) is 62.3 Å². The summed E-state index contributed by atoms with van der Waals surface area (Å²) < 4.78 is 42.3. The van der Waals surface area contributed by atoms with Crippen LogP contribution in [0.5, 0.6) is 0 Å². The van der Waals surface area contributed by atoms with E-state index in [4.69, 9.17) is 34.7 Å². The van der Waals surface area contributed by atoms with E-state index in [-0.39, 0.29) is 31.2 Å². The minimum Gasteiger partial charge on any atom is -0.415 e. The summed E-state index contributed by atoms with van der Waals surface area (Å²) in [5, 5.41) is 24.9. The zero-order chi connectivity index (χ0) is 61.2. The minimum absolute atomic E-state index is 0. The highest BCUT2D eigenvalue weighted by Gasteiger charge is 2.23. The van der Waals surface area contributed by atoms with Crippen LogP contribution in [0.15, 0.2) is 204 Å². The molecule has 1 atom stereocenters. The number of aryl methyl sites for hydroxylation is 2. The highest BCUT2D eigenvalue weighted by Crippen LogP contribution is 2.36. The monoisotopic (exact) mass is 1220 g/mol. The molecule has 12 aromatic rings. The van der Waals surface area contributed by atoms with Crippen LogP contribution in [0.4, 0.5) is 5.82 Å². The van der Waals surface area contributed by atoms with Crippen molar-refractivity contribution >= 4 is 39.2 Å². The number of anilines is 1. The molecule has 0 aliphatic heterocycles. The van der Waals surface area contributed by atoms with Crippen LogP contribution in [0.3, 0.4) is 0 Å². The Morgan fingerprint density at radius 2 is 0.862 bits per heavy atom. The molecule has 6 aromatic heterocycles. The fraction of sp³-hybridized carbons (Fsp3) is 0.169. The third-order valence-corrected chi connectivity index (χ3v) is 17.4. The maximum Gasteiger partial charge on any atom is 0.270 e. The van der Waals surface area contributed by atoms with Crippen LogP contribution in [0, 0.1) is 13.8 Å². The molecule has 0 saturated carbocycles. The molecule has 0 spiro atoms. The van der Waals surface area contributed by atoms with Crippen molar-refractivity contribution in [2.75, 3.05) is 12.0 Å². The summed E-state index contributed by atoms with van der Waals surface area (Å²) in [5.74, 6) is 2.27. The first kappa shape index (κ1) is 60.5. The Balaban J connectivity index is 0.000000172. The van der Waals surface area contributed by atoms with Crippen LogP contribution in [0.1, 0.15) is 60.5 Å². The first-order chi connectivity index (χ1) is 42.0. The molecule has 6 aromatic carbocycles. The van der Waals surface area contributed by atoms with Gasteiger partial charge in [0.2, 0.25) is 17.7 Å². The van der Waals surface area contributed by atoms with Crippen molar-refractivity contribution in [3.8, 4) is 103 Å². The van der Waals surface area contributed by atoms with E-state index in [9.17, 15) is 8.42 Å². The number of hydrogen-bond donors (Lipinski definition) is 2. The zero-order valence-corrected chi connectivity index (χ0v) is 51.2. The number of sulfone groups is 1. The second-order valence-corrected chi connectivity index (χ2v) is 25.2. The van der Waals surface area contributed by atoms with E-state index in [0.717, 1.165) is 61.1 Å². The Labute approximate surface area is 515 Å². The predicted molar refractivity (Wildman–Crippen MR) is 344 cm³/mol. The second kappa shape index (κ2) is 27.2. The molecule has 22 heteroatoms. The van der Waals surface area contributed by atoms with Crippen LogP contribution >= 0.6 is 23.5 Å². The van der Waals surface area contributed by atoms with Crippen LogP contribution in [-0.4, -0.2) is 85.7 Å². The molecule has 0 radical (unpaired) electrons. The summed E-state index contributed by atoms with van der Waals surface area (Å²) in [7, 11) is -3.36. The minimum atomic E-state index is -3.36. The van der Waals surface area contributed by atoms with Gasteiger partial charge in [-0.1, -0.05) is 111 Å². The van der Waals surface area contributed by atoms with Crippen LogP contribution < -0.4 is 11.5 Å². The quantitative estimate of drug-likeness (QED) is 0.0902. The molecule has 0 amide bonds. The van der Waals surface area contributed by atoms with Crippen molar-refractivity contribution in [2.45, 2.75) is 79.7 Å². The van der Waals surface area contributed by atoms with Crippen LogP contribution in [-0.2, 0) is 9.84 Å². The molecular formula is C65H64N14O5S3. The molecule has 0 aliphatic carbocycles. The van der Waals surface area contributed by atoms with Crippen molar-refractivity contribution < 1.29 is 24.5 Å². The van der Waals surface area contributed by atoms with Gasteiger partial charge in [-0.2, -0.15) is 0 Å². The fourth-order valence-corrected chi connectivity index (χ4v) is 11.3. The van der Waals surface area contributed by atoms with Crippen molar-refractivity contribution in [1.82, 2.24) is 60.5 Å². The topological polar surface area (TPSA) is 280 Å². The molecule has 0 bridgehead atoms.